The topological polar surface area (TPSA) is 97.6 Å². The maximum absolute atomic E-state index is 14.3. The van der Waals surface area contributed by atoms with Crippen LogP contribution in [0.1, 0.15) is 60.5 Å². The number of hydrogen-bond donors (Lipinski definition) is 0. The summed E-state index contributed by atoms with van der Waals surface area (Å²) >= 11 is 1.27. The highest BCUT2D eigenvalue weighted by Gasteiger charge is 2.35. The van der Waals surface area contributed by atoms with E-state index in [1.165, 1.54) is 11.3 Å². The van der Waals surface area contributed by atoms with Crippen LogP contribution in [0.5, 0.6) is 23.0 Å². The van der Waals surface area contributed by atoms with E-state index >= 15 is 0 Å². The Labute approximate surface area is 293 Å². The number of esters is 1. The first-order valence-electron chi connectivity index (χ1n) is 16.4. The van der Waals surface area contributed by atoms with Gasteiger partial charge in [0.2, 0.25) is 6.79 Å². The number of nitrogens with zero attached hydrogens (tertiary/aromatic N) is 2. The monoisotopic (exact) mass is 688 g/mol. The Balaban J connectivity index is 1.30. The molecule has 0 radical (unpaired) electrons. The number of fused-ring (bicyclic) bond motifs is 2. The van der Waals surface area contributed by atoms with Gasteiger partial charge in [0.05, 0.1) is 35.6 Å². The zero-order valence-electron chi connectivity index (χ0n) is 28.2. The van der Waals surface area contributed by atoms with Crippen molar-refractivity contribution in [1.82, 2.24) is 4.57 Å². The van der Waals surface area contributed by atoms with Crippen molar-refractivity contribution in [2.75, 3.05) is 20.5 Å². The van der Waals surface area contributed by atoms with Crippen molar-refractivity contribution in [3.63, 3.8) is 0 Å². The van der Waals surface area contributed by atoms with Gasteiger partial charge in [-0.05, 0) is 65.4 Å². The van der Waals surface area contributed by atoms with Gasteiger partial charge in [-0.25, -0.2) is 9.79 Å². The number of aromatic nitrogens is 1. The van der Waals surface area contributed by atoms with E-state index < -0.39 is 12.0 Å². The third kappa shape index (κ3) is 6.42. The smallest absolute Gasteiger partial charge is 0.338 e. The molecule has 9 nitrogen and oxygen atoms in total. The van der Waals surface area contributed by atoms with E-state index in [0.717, 1.165) is 27.8 Å². The van der Waals surface area contributed by atoms with Crippen LogP contribution in [0.15, 0.2) is 106 Å². The Kier molecular flexibility index (Phi) is 9.27. The van der Waals surface area contributed by atoms with Gasteiger partial charge < -0.3 is 23.7 Å². The second kappa shape index (κ2) is 14.1. The van der Waals surface area contributed by atoms with Crippen LogP contribution in [-0.4, -0.2) is 31.0 Å². The van der Waals surface area contributed by atoms with Crippen molar-refractivity contribution in [2.45, 2.75) is 39.3 Å². The average molecular weight is 689 g/mol. The molecule has 5 aromatic rings. The fraction of sp³-hybridized carbons (Fsp3) is 0.225. The number of ether oxygens (including phenoxy) is 5. The van der Waals surface area contributed by atoms with Crippen molar-refractivity contribution < 1.29 is 28.5 Å². The van der Waals surface area contributed by atoms with Crippen molar-refractivity contribution >= 4 is 29.1 Å². The fourth-order valence-electron chi connectivity index (χ4n) is 6.06. The van der Waals surface area contributed by atoms with Crippen LogP contribution in [0.3, 0.4) is 0 Å². The van der Waals surface area contributed by atoms with Gasteiger partial charge in [0.25, 0.3) is 5.56 Å². The average Bonchev–Trinajstić information content (AvgIpc) is 3.74. The Morgan fingerprint density at radius 1 is 0.980 bits per heavy atom. The summed E-state index contributed by atoms with van der Waals surface area (Å²) < 4.78 is 30.3. The summed E-state index contributed by atoms with van der Waals surface area (Å²) in [6.45, 7) is 6.72. The summed E-state index contributed by atoms with van der Waals surface area (Å²) in [5, 5.41) is 0. The molecule has 254 valence electrons. The molecule has 0 unspecified atom stereocenters. The first-order chi connectivity index (χ1) is 24.3. The lowest BCUT2D eigenvalue weighted by molar-refractivity contribution is -0.138. The van der Waals surface area contributed by atoms with Gasteiger partial charge in [0.15, 0.2) is 27.8 Å². The highest BCUT2D eigenvalue weighted by Crippen LogP contribution is 2.36. The van der Waals surface area contributed by atoms with Gasteiger partial charge in [-0.3, -0.25) is 9.36 Å². The molecule has 0 fully saturated rings. The maximum Gasteiger partial charge on any atom is 0.338 e. The van der Waals surface area contributed by atoms with Gasteiger partial charge in [0, 0.05) is 5.56 Å². The number of thiazole rings is 1. The quantitative estimate of drug-likeness (QED) is 0.157. The lowest BCUT2D eigenvalue weighted by atomic mass is 9.91. The zero-order chi connectivity index (χ0) is 34.8. The van der Waals surface area contributed by atoms with Crippen molar-refractivity contribution in [2.24, 2.45) is 4.99 Å². The maximum atomic E-state index is 14.3. The number of rotatable bonds is 10. The van der Waals surface area contributed by atoms with Crippen molar-refractivity contribution in [3.05, 3.63) is 144 Å². The van der Waals surface area contributed by atoms with Gasteiger partial charge in [-0.1, -0.05) is 91.9 Å². The fourth-order valence-corrected chi connectivity index (χ4v) is 7.06. The molecule has 1 atom stereocenters. The summed E-state index contributed by atoms with van der Waals surface area (Å²) in [6.07, 6.45) is 1.81. The van der Waals surface area contributed by atoms with Gasteiger partial charge in [-0.2, -0.15) is 0 Å². The molecule has 10 heteroatoms. The van der Waals surface area contributed by atoms with E-state index in [0.29, 0.717) is 56.1 Å². The molecule has 0 N–H and O–H groups in total. The lowest BCUT2D eigenvalue weighted by Crippen LogP contribution is -2.40. The highest BCUT2D eigenvalue weighted by atomic mass is 32.1. The highest BCUT2D eigenvalue weighted by molar-refractivity contribution is 7.07. The summed E-state index contributed by atoms with van der Waals surface area (Å²) in [5.74, 6) is 2.29. The molecule has 2 aliphatic heterocycles. The first kappa shape index (κ1) is 32.9. The number of methoxy groups -OCH3 is 1. The predicted molar refractivity (Wildman–Crippen MR) is 191 cm³/mol. The molecule has 3 heterocycles. The minimum atomic E-state index is -0.745. The Bertz CT molecular complexity index is 2270. The van der Waals surface area contributed by atoms with Crippen LogP contribution in [0.25, 0.3) is 11.8 Å². The van der Waals surface area contributed by atoms with E-state index in [4.69, 9.17) is 28.7 Å². The number of carbonyl (C=O) groups excluding carboxylic acids is 1. The normalized spacial score (nSPS) is 15.1. The molecular weight excluding hydrogens is 653 g/mol. The van der Waals surface area contributed by atoms with E-state index in [1.54, 1.807) is 18.6 Å². The van der Waals surface area contributed by atoms with Crippen LogP contribution >= 0.6 is 11.3 Å². The van der Waals surface area contributed by atoms with Crippen LogP contribution < -0.4 is 33.8 Å². The van der Waals surface area contributed by atoms with E-state index in [9.17, 15) is 9.59 Å². The second-order valence-corrected chi connectivity index (χ2v) is 13.1. The molecule has 0 saturated heterocycles. The third-order valence-electron chi connectivity index (χ3n) is 8.61. The van der Waals surface area contributed by atoms with Gasteiger partial charge >= 0.3 is 5.97 Å². The molecular formula is C40H36N2O7S. The van der Waals surface area contributed by atoms with Crippen molar-refractivity contribution in [3.8, 4) is 23.0 Å². The molecule has 4 aromatic carbocycles. The predicted octanol–water partition coefficient (Wildman–Crippen LogP) is 6.38. The number of hydrogen-bond acceptors (Lipinski definition) is 9. The molecule has 0 saturated carbocycles. The van der Waals surface area contributed by atoms with Crippen LogP contribution in [0.2, 0.25) is 0 Å². The number of carbonyl (C=O) groups is 1. The Morgan fingerprint density at radius 2 is 1.76 bits per heavy atom. The molecule has 50 heavy (non-hydrogen) atoms. The lowest BCUT2D eigenvalue weighted by Gasteiger charge is -2.26. The molecule has 0 amide bonds. The van der Waals surface area contributed by atoms with E-state index in [2.05, 4.69) is 13.8 Å². The van der Waals surface area contributed by atoms with Crippen LogP contribution in [0, 0.1) is 0 Å². The second-order valence-electron chi connectivity index (χ2n) is 12.1. The molecule has 0 aliphatic carbocycles. The Morgan fingerprint density at radius 3 is 2.50 bits per heavy atom. The molecule has 0 spiro atoms. The van der Waals surface area contributed by atoms with Crippen LogP contribution in [0.4, 0.5) is 0 Å². The Hall–Kier alpha value is -5.61. The van der Waals surface area contributed by atoms with E-state index in [1.807, 2.05) is 97.1 Å². The third-order valence-corrected chi connectivity index (χ3v) is 9.59. The van der Waals surface area contributed by atoms with Crippen LogP contribution in [-0.2, 0) is 16.1 Å². The summed E-state index contributed by atoms with van der Waals surface area (Å²) in [5.41, 5.74) is 4.92. The van der Waals surface area contributed by atoms with Crippen molar-refractivity contribution in [1.29, 1.82) is 0 Å². The van der Waals surface area contributed by atoms with Gasteiger partial charge in [0.1, 0.15) is 6.61 Å². The van der Waals surface area contributed by atoms with Gasteiger partial charge in [-0.15, -0.1) is 0 Å². The molecule has 1 aromatic heterocycles. The molecule has 2 aliphatic rings. The molecule has 7 rings (SSSR count). The summed E-state index contributed by atoms with van der Waals surface area (Å²) in [7, 11) is 1.58. The number of benzene rings is 4. The SMILES string of the molecule is CCOC(=O)C1=C(c2ccccc2)N=c2s/c(=C\c3ccc(OCc4ccc5c(c4)OCO5)c(OC)c3)c(=O)n2[C@@H]1c1ccc(C(C)C)cc1. The summed E-state index contributed by atoms with van der Waals surface area (Å²) in [6, 6.07) is 28.1. The molecule has 0 bridgehead atoms. The summed E-state index contributed by atoms with van der Waals surface area (Å²) in [4.78, 5) is 33.5. The largest absolute Gasteiger partial charge is 0.493 e. The van der Waals surface area contributed by atoms with E-state index in [-0.39, 0.29) is 19.0 Å². The standard InChI is InChI=1S/C40H36N2O7S/c1-5-46-39(44)35-36(28-9-7-6-8-10-28)41-40-42(37(35)29-15-13-27(14-16-29)24(2)3)38(43)34(50-40)21-25-11-17-30(32(19-25)45-4)47-22-26-12-18-31-33(20-26)49-23-48-31/h6-21,24,37H,5,22-23H2,1-4H3/b34-21-/t37-/m1/s1. The first-order valence-corrected chi connectivity index (χ1v) is 17.2. The minimum absolute atomic E-state index is 0.187. The minimum Gasteiger partial charge on any atom is -0.493 e. The zero-order valence-corrected chi connectivity index (χ0v) is 29.0.